The first-order valence-electron chi connectivity index (χ1n) is 3.21. The van der Waals surface area contributed by atoms with Gasteiger partial charge in [-0.2, -0.15) is 0 Å². The van der Waals surface area contributed by atoms with Gasteiger partial charge in [-0.25, -0.2) is 0 Å². The summed E-state index contributed by atoms with van der Waals surface area (Å²) >= 11 is 0. The lowest BCUT2D eigenvalue weighted by molar-refractivity contribution is 0.00245. The van der Waals surface area contributed by atoms with E-state index < -0.39 is 8.60 Å². The van der Waals surface area contributed by atoms with Crippen molar-refractivity contribution in [3.8, 4) is 0 Å². The van der Waals surface area contributed by atoms with Gasteiger partial charge in [0.2, 0.25) is 0 Å². The van der Waals surface area contributed by atoms with E-state index in [2.05, 4.69) is 0 Å². The van der Waals surface area contributed by atoms with Crippen LogP contribution in [-0.4, -0.2) is 29.1 Å². The molecule has 0 aromatic carbocycles. The van der Waals surface area contributed by atoms with Crippen molar-refractivity contribution in [2.45, 2.75) is 18.9 Å². The number of ether oxygens (including phenoxy) is 1. The molecule has 5 heteroatoms. The van der Waals surface area contributed by atoms with Crippen molar-refractivity contribution < 1.29 is 19.0 Å². The number of hydrogen-bond acceptors (Lipinski definition) is 4. The Hall–Kier alpha value is 0.270. The summed E-state index contributed by atoms with van der Waals surface area (Å²) in [5, 5.41) is 0. The summed E-state index contributed by atoms with van der Waals surface area (Å²) in [4.78, 5) is 16.9. The molecule has 60 valence electrons. The third-order valence-corrected chi connectivity index (χ3v) is 1.85. The highest BCUT2D eigenvalue weighted by atomic mass is 31.2. The minimum Gasteiger partial charge on any atom is -0.379 e. The minimum atomic E-state index is -2.20. The maximum atomic E-state index is 8.45. The van der Waals surface area contributed by atoms with Crippen LogP contribution < -0.4 is 0 Å². The Morgan fingerprint density at radius 2 is 2.30 bits per heavy atom. The quantitative estimate of drug-likeness (QED) is 0.582. The van der Waals surface area contributed by atoms with Crippen molar-refractivity contribution in [1.82, 2.24) is 0 Å². The zero-order chi connectivity index (χ0) is 7.40. The summed E-state index contributed by atoms with van der Waals surface area (Å²) in [6.45, 7) is 1.24. The van der Waals surface area contributed by atoms with E-state index in [4.69, 9.17) is 19.0 Å². The first-order chi connectivity index (χ1) is 4.79. The maximum absolute atomic E-state index is 8.45. The molecule has 0 radical (unpaired) electrons. The van der Waals surface area contributed by atoms with Crippen LogP contribution in [0, 0.1) is 0 Å². The third-order valence-electron chi connectivity index (χ3n) is 1.36. The lowest BCUT2D eigenvalue weighted by Crippen LogP contribution is -2.23. The molecule has 10 heavy (non-hydrogen) atoms. The van der Waals surface area contributed by atoms with E-state index in [1.54, 1.807) is 0 Å². The van der Waals surface area contributed by atoms with Crippen LogP contribution in [-0.2, 0) is 9.26 Å². The van der Waals surface area contributed by atoms with Gasteiger partial charge in [0.05, 0.1) is 12.7 Å². The molecule has 4 nitrogen and oxygen atoms in total. The van der Waals surface area contributed by atoms with Crippen molar-refractivity contribution in [3.05, 3.63) is 0 Å². The molecule has 2 N–H and O–H groups in total. The van der Waals surface area contributed by atoms with E-state index >= 15 is 0 Å². The van der Waals surface area contributed by atoms with E-state index in [0.717, 1.165) is 19.4 Å². The zero-order valence-electron chi connectivity index (χ0n) is 5.56. The Balaban J connectivity index is 2.13. The van der Waals surface area contributed by atoms with Crippen LogP contribution in [0.5, 0.6) is 0 Å². The fourth-order valence-corrected chi connectivity index (χ4v) is 1.36. The SMILES string of the molecule is OP(O)OC1CCCOC1. The molecule has 0 aromatic rings. The molecule has 1 heterocycles. The molecule has 0 aromatic heterocycles. The smallest absolute Gasteiger partial charge is 0.327 e. The summed E-state index contributed by atoms with van der Waals surface area (Å²) in [6, 6.07) is 0. The molecule has 1 aliphatic heterocycles. The van der Waals surface area contributed by atoms with Gasteiger partial charge in [-0.05, 0) is 12.8 Å². The topological polar surface area (TPSA) is 58.9 Å². The van der Waals surface area contributed by atoms with Gasteiger partial charge in [0.1, 0.15) is 0 Å². The standard InChI is InChI=1S/C5H11O4P/c6-10(7)9-5-2-1-3-8-4-5/h5-7H,1-4H2. The summed E-state index contributed by atoms with van der Waals surface area (Å²) in [6.07, 6.45) is 1.68. The summed E-state index contributed by atoms with van der Waals surface area (Å²) in [5.41, 5.74) is 0. The zero-order valence-corrected chi connectivity index (χ0v) is 6.46. The van der Waals surface area contributed by atoms with Gasteiger partial charge in [-0.15, -0.1) is 0 Å². The van der Waals surface area contributed by atoms with Crippen molar-refractivity contribution in [2.24, 2.45) is 0 Å². The second-order valence-corrected chi connectivity index (χ2v) is 2.91. The van der Waals surface area contributed by atoms with Crippen LogP contribution in [0.2, 0.25) is 0 Å². The molecule has 0 bridgehead atoms. The normalized spacial score (nSPS) is 27.3. The van der Waals surface area contributed by atoms with Crippen LogP contribution in [0.25, 0.3) is 0 Å². The van der Waals surface area contributed by atoms with E-state index in [0.29, 0.717) is 6.61 Å². The summed E-state index contributed by atoms with van der Waals surface area (Å²) in [7, 11) is -2.20. The van der Waals surface area contributed by atoms with Gasteiger partial charge in [0.15, 0.2) is 0 Å². The highest BCUT2D eigenvalue weighted by Gasteiger charge is 2.17. The lowest BCUT2D eigenvalue weighted by Gasteiger charge is -2.21. The maximum Gasteiger partial charge on any atom is 0.327 e. The van der Waals surface area contributed by atoms with Gasteiger partial charge in [-0.3, -0.25) is 0 Å². The Bertz CT molecular complexity index is 91.6. The van der Waals surface area contributed by atoms with Gasteiger partial charge < -0.3 is 19.0 Å². The first-order valence-corrected chi connectivity index (χ1v) is 4.38. The Morgan fingerprint density at radius 1 is 1.50 bits per heavy atom. The van der Waals surface area contributed by atoms with Crippen LogP contribution in [0.1, 0.15) is 12.8 Å². The van der Waals surface area contributed by atoms with Crippen LogP contribution in [0.3, 0.4) is 0 Å². The first kappa shape index (κ1) is 8.37. The monoisotopic (exact) mass is 166 g/mol. The molecule has 1 fully saturated rings. The second kappa shape index (κ2) is 4.21. The molecule has 1 saturated heterocycles. The van der Waals surface area contributed by atoms with E-state index in [-0.39, 0.29) is 6.10 Å². The van der Waals surface area contributed by atoms with Crippen LogP contribution >= 0.6 is 8.60 Å². The van der Waals surface area contributed by atoms with Gasteiger partial charge in [0, 0.05) is 6.61 Å². The number of rotatable bonds is 2. The Morgan fingerprint density at radius 3 is 2.80 bits per heavy atom. The van der Waals surface area contributed by atoms with Crippen molar-refractivity contribution in [2.75, 3.05) is 13.2 Å². The molecule has 1 atom stereocenters. The lowest BCUT2D eigenvalue weighted by atomic mass is 10.2. The molecular formula is C5H11O4P. The molecule has 0 saturated carbocycles. The second-order valence-electron chi connectivity index (χ2n) is 2.20. The average Bonchev–Trinajstić information content (AvgIpc) is 1.88. The van der Waals surface area contributed by atoms with Crippen LogP contribution in [0.4, 0.5) is 0 Å². The van der Waals surface area contributed by atoms with Crippen LogP contribution in [0.15, 0.2) is 0 Å². The molecule has 1 aliphatic rings. The minimum absolute atomic E-state index is 0.116. The molecule has 1 unspecified atom stereocenters. The predicted molar refractivity (Wildman–Crippen MR) is 36.3 cm³/mol. The molecule has 0 aliphatic carbocycles. The molecule has 0 spiro atoms. The summed E-state index contributed by atoms with van der Waals surface area (Å²) < 4.78 is 9.79. The Kier molecular flexibility index (Phi) is 3.52. The number of hydrogen-bond donors (Lipinski definition) is 2. The van der Waals surface area contributed by atoms with Crippen molar-refractivity contribution in [1.29, 1.82) is 0 Å². The summed E-state index contributed by atoms with van der Waals surface area (Å²) in [5.74, 6) is 0. The molecular weight excluding hydrogens is 155 g/mol. The van der Waals surface area contributed by atoms with Gasteiger partial charge in [0.25, 0.3) is 0 Å². The van der Waals surface area contributed by atoms with Gasteiger partial charge >= 0.3 is 8.60 Å². The molecule has 0 amide bonds. The van der Waals surface area contributed by atoms with Gasteiger partial charge in [-0.1, -0.05) is 0 Å². The fraction of sp³-hybridized carbons (Fsp3) is 1.00. The third kappa shape index (κ3) is 2.90. The van der Waals surface area contributed by atoms with E-state index in [1.165, 1.54) is 0 Å². The van der Waals surface area contributed by atoms with E-state index in [9.17, 15) is 0 Å². The van der Waals surface area contributed by atoms with E-state index in [1.807, 2.05) is 0 Å². The van der Waals surface area contributed by atoms with Crippen molar-refractivity contribution in [3.63, 3.8) is 0 Å². The fourth-order valence-electron chi connectivity index (χ4n) is 0.928. The largest absolute Gasteiger partial charge is 0.379 e. The van der Waals surface area contributed by atoms with Crippen molar-refractivity contribution >= 4 is 8.60 Å². The Labute approximate surface area is 60.8 Å². The predicted octanol–water partition coefficient (Wildman–Crippen LogP) is 0.393. The average molecular weight is 166 g/mol. The highest BCUT2D eigenvalue weighted by molar-refractivity contribution is 7.39. The highest BCUT2D eigenvalue weighted by Crippen LogP contribution is 2.29. The molecule has 1 rings (SSSR count).